The molecular weight excluding hydrogens is 424 g/mol. The highest BCUT2D eigenvalue weighted by Gasteiger charge is 2.32. The summed E-state index contributed by atoms with van der Waals surface area (Å²) in [7, 11) is -3.68. The van der Waals surface area contributed by atoms with Crippen molar-refractivity contribution in [3.05, 3.63) is 45.8 Å². The molecular formula is C20H22N4O4S2. The molecule has 2 heterocycles. The van der Waals surface area contributed by atoms with Crippen molar-refractivity contribution in [2.45, 2.75) is 31.6 Å². The van der Waals surface area contributed by atoms with Gasteiger partial charge in [-0.15, -0.1) is 11.3 Å². The number of aryl methyl sites for hydroxylation is 1. The number of benzene rings is 1. The minimum atomic E-state index is -3.68. The number of hydrogen-bond acceptors (Lipinski definition) is 6. The van der Waals surface area contributed by atoms with Gasteiger partial charge in [-0.1, -0.05) is 0 Å². The third-order valence-electron chi connectivity index (χ3n) is 5.31. The molecule has 3 rings (SSSR count). The lowest BCUT2D eigenvalue weighted by Crippen LogP contribution is -2.41. The van der Waals surface area contributed by atoms with Crippen molar-refractivity contribution in [3.63, 3.8) is 0 Å². The molecule has 8 nitrogen and oxygen atoms in total. The number of nitriles is 1. The maximum atomic E-state index is 12.8. The molecule has 1 aliphatic rings. The normalized spacial score (nSPS) is 15.5. The second-order valence-electron chi connectivity index (χ2n) is 7.16. The first-order valence-electron chi connectivity index (χ1n) is 9.36. The smallest absolute Gasteiger partial charge is 0.251 e. The molecule has 1 saturated heterocycles. The van der Waals surface area contributed by atoms with Crippen LogP contribution >= 0.6 is 11.3 Å². The van der Waals surface area contributed by atoms with Gasteiger partial charge in [-0.3, -0.25) is 9.59 Å². The number of anilines is 1. The number of piperidine rings is 1. The van der Waals surface area contributed by atoms with Gasteiger partial charge in [0, 0.05) is 23.9 Å². The van der Waals surface area contributed by atoms with Gasteiger partial charge < -0.3 is 11.1 Å². The minimum Gasteiger partial charge on any atom is -0.365 e. The predicted octanol–water partition coefficient (Wildman–Crippen LogP) is 2.37. The highest BCUT2D eigenvalue weighted by molar-refractivity contribution is 7.89. The number of carbonyl (C=O) groups is 2. The quantitative estimate of drug-likeness (QED) is 0.727. The maximum absolute atomic E-state index is 12.8. The van der Waals surface area contributed by atoms with Crippen LogP contribution in [0.15, 0.2) is 29.2 Å². The van der Waals surface area contributed by atoms with Crippen molar-refractivity contribution in [2.24, 2.45) is 11.7 Å². The summed E-state index contributed by atoms with van der Waals surface area (Å²) in [6.07, 6.45) is 0.743. The van der Waals surface area contributed by atoms with Gasteiger partial charge in [-0.05, 0) is 56.5 Å². The third kappa shape index (κ3) is 4.23. The Labute approximate surface area is 179 Å². The Morgan fingerprint density at radius 3 is 2.33 bits per heavy atom. The molecule has 0 spiro atoms. The predicted molar refractivity (Wildman–Crippen MR) is 114 cm³/mol. The molecule has 0 atom stereocenters. The van der Waals surface area contributed by atoms with Gasteiger partial charge in [-0.25, -0.2) is 8.42 Å². The molecule has 1 fully saturated rings. The summed E-state index contributed by atoms with van der Waals surface area (Å²) < 4.78 is 27.0. The van der Waals surface area contributed by atoms with E-state index in [1.165, 1.54) is 39.9 Å². The van der Waals surface area contributed by atoms with E-state index in [1.807, 2.05) is 13.0 Å². The number of hydrogen-bond donors (Lipinski definition) is 2. The van der Waals surface area contributed by atoms with Crippen LogP contribution in [0.2, 0.25) is 0 Å². The Balaban J connectivity index is 1.67. The Bertz CT molecular complexity index is 1120. The standard InChI is InChI=1S/C20H22N4O4S2/c1-12-13(2)29-20(17(12)18(22)25)23-19(26)15-7-9-24(10-8-15)30(27,28)16-5-3-14(11-21)4-6-16/h3-6,15H,7-10H2,1-2H3,(H2,22,25)(H,23,26). The molecule has 0 bridgehead atoms. The van der Waals surface area contributed by atoms with Gasteiger partial charge in [0.2, 0.25) is 15.9 Å². The molecule has 1 aromatic carbocycles. The van der Waals surface area contributed by atoms with E-state index < -0.39 is 15.9 Å². The number of thiophene rings is 1. The van der Waals surface area contributed by atoms with E-state index in [-0.39, 0.29) is 29.8 Å². The maximum Gasteiger partial charge on any atom is 0.251 e. The van der Waals surface area contributed by atoms with Gasteiger partial charge in [0.15, 0.2) is 0 Å². The van der Waals surface area contributed by atoms with Crippen LogP contribution in [-0.4, -0.2) is 37.6 Å². The summed E-state index contributed by atoms with van der Waals surface area (Å²) in [6, 6.07) is 7.72. The minimum absolute atomic E-state index is 0.125. The summed E-state index contributed by atoms with van der Waals surface area (Å²) in [4.78, 5) is 25.5. The number of amides is 2. The van der Waals surface area contributed by atoms with Crippen LogP contribution in [0.5, 0.6) is 0 Å². The van der Waals surface area contributed by atoms with Crippen LogP contribution in [0.3, 0.4) is 0 Å². The van der Waals surface area contributed by atoms with E-state index in [0.29, 0.717) is 29.0 Å². The number of nitrogens with two attached hydrogens (primary N) is 1. The zero-order valence-electron chi connectivity index (χ0n) is 16.6. The van der Waals surface area contributed by atoms with Crippen molar-refractivity contribution in [3.8, 4) is 6.07 Å². The number of sulfonamides is 1. The summed E-state index contributed by atoms with van der Waals surface area (Å²) in [6.45, 7) is 4.07. The van der Waals surface area contributed by atoms with Crippen molar-refractivity contribution < 1.29 is 18.0 Å². The van der Waals surface area contributed by atoms with Crippen molar-refractivity contribution in [2.75, 3.05) is 18.4 Å². The van der Waals surface area contributed by atoms with Crippen LogP contribution in [0.25, 0.3) is 0 Å². The highest BCUT2D eigenvalue weighted by Crippen LogP contribution is 2.33. The molecule has 1 aromatic heterocycles. The first-order valence-corrected chi connectivity index (χ1v) is 11.6. The van der Waals surface area contributed by atoms with Gasteiger partial charge in [0.25, 0.3) is 5.91 Å². The van der Waals surface area contributed by atoms with Gasteiger partial charge in [0.05, 0.1) is 22.1 Å². The summed E-state index contributed by atoms with van der Waals surface area (Å²) in [5.41, 5.74) is 6.92. The molecule has 3 N–H and O–H groups in total. The number of rotatable bonds is 5. The van der Waals surface area contributed by atoms with Gasteiger partial charge >= 0.3 is 0 Å². The van der Waals surface area contributed by atoms with Crippen molar-refractivity contribution in [1.29, 1.82) is 5.26 Å². The fourth-order valence-electron chi connectivity index (χ4n) is 3.43. The Kier molecular flexibility index (Phi) is 6.26. The van der Waals surface area contributed by atoms with Crippen LogP contribution in [0, 0.1) is 31.1 Å². The molecule has 2 amide bonds. The Morgan fingerprint density at radius 2 is 1.80 bits per heavy atom. The average molecular weight is 447 g/mol. The van der Waals surface area contributed by atoms with Crippen molar-refractivity contribution >= 4 is 38.2 Å². The highest BCUT2D eigenvalue weighted by atomic mass is 32.2. The van der Waals surface area contributed by atoms with E-state index in [9.17, 15) is 18.0 Å². The summed E-state index contributed by atoms with van der Waals surface area (Å²) in [5, 5.41) is 12.1. The molecule has 0 aliphatic carbocycles. The summed E-state index contributed by atoms with van der Waals surface area (Å²) >= 11 is 1.30. The molecule has 0 unspecified atom stereocenters. The first kappa shape index (κ1) is 22.0. The van der Waals surface area contributed by atoms with Gasteiger partial charge in [0.1, 0.15) is 5.00 Å². The van der Waals surface area contributed by atoms with E-state index in [4.69, 9.17) is 11.0 Å². The second kappa shape index (κ2) is 8.55. The van der Waals surface area contributed by atoms with E-state index in [1.54, 1.807) is 6.92 Å². The molecule has 10 heteroatoms. The lowest BCUT2D eigenvalue weighted by molar-refractivity contribution is -0.120. The molecule has 30 heavy (non-hydrogen) atoms. The second-order valence-corrected chi connectivity index (χ2v) is 10.3. The van der Waals surface area contributed by atoms with Crippen LogP contribution in [0.1, 0.15) is 39.2 Å². The van der Waals surface area contributed by atoms with Crippen LogP contribution in [-0.2, 0) is 14.8 Å². The molecule has 1 aliphatic heterocycles. The van der Waals surface area contributed by atoms with E-state index in [0.717, 1.165) is 10.4 Å². The molecule has 158 valence electrons. The SMILES string of the molecule is Cc1sc(NC(=O)C2CCN(S(=O)(=O)c3ccc(C#N)cc3)CC2)c(C(N)=O)c1C. The van der Waals surface area contributed by atoms with Crippen LogP contribution in [0.4, 0.5) is 5.00 Å². The molecule has 0 saturated carbocycles. The largest absolute Gasteiger partial charge is 0.365 e. The Morgan fingerprint density at radius 1 is 1.20 bits per heavy atom. The van der Waals surface area contributed by atoms with E-state index in [2.05, 4.69) is 5.32 Å². The number of carbonyl (C=O) groups excluding carboxylic acids is 2. The number of nitrogens with one attached hydrogen (secondary N) is 1. The molecule has 2 aromatic rings. The fourth-order valence-corrected chi connectivity index (χ4v) is 5.97. The topological polar surface area (TPSA) is 133 Å². The lowest BCUT2D eigenvalue weighted by Gasteiger charge is -2.30. The Hall–Kier alpha value is -2.74. The number of primary amides is 1. The fraction of sp³-hybridized carbons (Fsp3) is 0.350. The monoisotopic (exact) mass is 446 g/mol. The lowest BCUT2D eigenvalue weighted by atomic mass is 9.97. The van der Waals surface area contributed by atoms with E-state index >= 15 is 0 Å². The zero-order valence-corrected chi connectivity index (χ0v) is 18.3. The van der Waals surface area contributed by atoms with Gasteiger partial charge in [-0.2, -0.15) is 9.57 Å². The number of nitrogens with zero attached hydrogens (tertiary/aromatic N) is 2. The zero-order chi connectivity index (χ0) is 22.1. The van der Waals surface area contributed by atoms with Crippen LogP contribution < -0.4 is 11.1 Å². The third-order valence-corrected chi connectivity index (χ3v) is 8.35. The summed E-state index contributed by atoms with van der Waals surface area (Å²) in [5.74, 6) is -1.19. The average Bonchev–Trinajstić information content (AvgIpc) is 3.01. The first-order chi connectivity index (χ1) is 14.1. The van der Waals surface area contributed by atoms with Crippen molar-refractivity contribution in [1.82, 2.24) is 4.31 Å². The molecule has 0 radical (unpaired) electrons.